The van der Waals surface area contributed by atoms with Crippen LogP contribution in [0.15, 0.2) is 48.7 Å². The molecule has 0 unspecified atom stereocenters. The highest BCUT2D eigenvalue weighted by Gasteiger charge is 2.18. The summed E-state index contributed by atoms with van der Waals surface area (Å²) in [6.07, 6.45) is 2.53. The zero-order chi connectivity index (χ0) is 23.3. The van der Waals surface area contributed by atoms with Gasteiger partial charge in [0.15, 0.2) is 0 Å². The second kappa shape index (κ2) is 10.6. The molecule has 0 radical (unpaired) electrons. The molecule has 0 spiro atoms. The molecule has 0 saturated heterocycles. The van der Waals surface area contributed by atoms with Gasteiger partial charge in [-0.25, -0.2) is 4.98 Å². The maximum absolute atomic E-state index is 12.1. The van der Waals surface area contributed by atoms with E-state index in [1.54, 1.807) is 25.4 Å². The van der Waals surface area contributed by atoms with Crippen LogP contribution < -0.4 is 26.8 Å². The van der Waals surface area contributed by atoms with Gasteiger partial charge in [-0.15, -0.1) is 0 Å². The summed E-state index contributed by atoms with van der Waals surface area (Å²) in [5, 5.41) is 6.60. The number of ether oxygens (including phenoxy) is 1. The number of benzene rings is 1. The predicted molar refractivity (Wildman–Crippen MR) is 136 cm³/mol. The summed E-state index contributed by atoms with van der Waals surface area (Å²) in [6.45, 7) is 4.01. The van der Waals surface area contributed by atoms with Crippen molar-refractivity contribution >= 4 is 45.8 Å². The van der Waals surface area contributed by atoms with Crippen molar-refractivity contribution in [2.45, 2.75) is 32.4 Å². The highest BCUT2D eigenvalue weighted by atomic mass is 127. The van der Waals surface area contributed by atoms with E-state index in [1.165, 1.54) is 0 Å². The second-order valence-corrected chi connectivity index (χ2v) is 8.54. The van der Waals surface area contributed by atoms with Crippen LogP contribution in [0, 0.1) is 3.57 Å². The molecular formula is C23H27IN6O2. The molecule has 3 rings (SSSR count). The van der Waals surface area contributed by atoms with Gasteiger partial charge >= 0.3 is 0 Å². The van der Waals surface area contributed by atoms with Crippen molar-refractivity contribution in [3.05, 3.63) is 57.8 Å². The Labute approximate surface area is 201 Å². The number of carbonyl (C=O) groups excluding carboxylic acids is 1. The number of amides is 1. The maximum Gasteiger partial charge on any atom is 0.252 e. The summed E-state index contributed by atoms with van der Waals surface area (Å²) >= 11 is 2.14. The monoisotopic (exact) mass is 546 g/mol. The lowest BCUT2D eigenvalue weighted by atomic mass is 10.1. The predicted octanol–water partition coefficient (Wildman–Crippen LogP) is 4.14. The zero-order valence-corrected chi connectivity index (χ0v) is 20.4. The van der Waals surface area contributed by atoms with E-state index < -0.39 is 5.91 Å². The highest BCUT2D eigenvalue weighted by Crippen LogP contribution is 2.28. The van der Waals surface area contributed by atoms with Crippen LogP contribution in [0.5, 0.6) is 5.75 Å². The molecule has 3 aromatic rings. The maximum atomic E-state index is 12.1. The summed E-state index contributed by atoms with van der Waals surface area (Å²) < 4.78 is 6.00. The molecule has 0 aliphatic rings. The van der Waals surface area contributed by atoms with E-state index in [2.05, 4.69) is 50.1 Å². The Morgan fingerprint density at radius 1 is 1.19 bits per heavy atom. The number of carbonyl (C=O) groups is 1. The number of pyridine rings is 2. The molecular weight excluding hydrogens is 519 g/mol. The van der Waals surface area contributed by atoms with E-state index in [0.717, 1.165) is 32.7 Å². The van der Waals surface area contributed by atoms with Crippen molar-refractivity contribution in [1.82, 2.24) is 9.97 Å². The number of aromatic nitrogens is 2. The van der Waals surface area contributed by atoms with Crippen molar-refractivity contribution in [2.24, 2.45) is 11.5 Å². The van der Waals surface area contributed by atoms with Crippen LogP contribution in [-0.4, -0.2) is 35.1 Å². The van der Waals surface area contributed by atoms with Crippen molar-refractivity contribution in [1.29, 1.82) is 0 Å². The molecule has 6 N–H and O–H groups in total. The fraction of sp³-hybridized carbons (Fsp3) is 0.261. The summed E-state index contributed by atoms with van der Waals surface area (Å²) in [4.78, 5) is 21.2. The largest absolute Gasteiger partial charge is 0.497 e. The number of rotatable bonds is 9. The normalized spacial score (nSPS) is 12.7. The van der Waals surface area contributed by atoms with Gasteiger partial charge < -0.3 is 26.8 Å². The van der Waals surface area contributed by atoms with Crippen LogP contribution in [-0.2, 0) is 0 Å². The van der Waals surface area contributed by atoms with Crippen LogP contribution in [0.3, 0.4) is 0 Å². The lowest BCUT2D eigenvalue weighted by Gasteiger charge is -2.23. The van der Waals surface area contributed by atoms with E-state index in [4.69, 9.17) is 16.2 Å². The number of methoxy groups -OCH3 is 1. The van der Waals surface area contributed by atoms with Crippen molar-refractivity contribution < 1.29 is 9.53 Å². The molecule has 9 heteroatoms. The minimum Gasteiger partial charge on any atom is -0.497 e. The second-order valence-electron chi connectivity index (χ2n) is 7.38. The van der Waals surface area contributed by atoms with Crippen molar-refractivity contribution in [3.63, 3.8) is 0 Å². The van der Waals surface area contributed by atoms with Gasteiger partial charge in [-0.3, -0.25) is 9.78 Å². The third kappa shape index (κ3) is 5.65. The topological polar surface area (TPSA) is 128 Å². The average molecular weight is 546 g/mol. The quantitative estimate of drug-likeness (QED) is 0.297. The first-order chi connectivity index (χ1) is 15.3. The molecule has 168 valence electrons. The van der Waals surface area contributed by atoms with Gasteiger partial charge in [0, 0.05) is 29.5 Å². The minimum absolute atomic E-state index is 0.0471. The first-order valence-electron chi connectivity index (χ1n) is 10.2. The number of halogens is 1. The number of nitrogens with one attached hydrogen (secondary N) is 2. The van der Waals surface area contributed by atoms with Crippen molar-refractivity contribution in [2.75, 3.05) is 17.7 Å². The standard InChI is InChI=1S/C23H27IN6O2/c1-4-19(13(2)25)29-23-18(24)12-17(21(26)31)22(30-23)28-15-9-10-27-20(11-15)14-5-7-16(32-3)8-6-14/h5-13,19H,4,25H2,1-3H3,(H2,26,31)(H2,27,28,29,30)/t13-,19+/m0/s1. The fourth-order valence-corrected chi connectivity index (χ4v) is 3.81. The number of nitrogens with two attached hydrogens (primary N) is 2. The van der Waals surface area contributed by atoms with Gasteiger partial charge in [0.05, 0.1) is 21.9 Å². The Balaban J connectivity index is 1.94. The van der Waals surface area contributed by atoms with Crippen LogP contribution in [0.4, 0.5) is 17.3 Å². The summed E-state index contributed by atoms with van der Waals surface area (Å²) in [6, 6.07) is 13.0. The summed E-state index contributed by atoms with van der Waals surface area (Å²) in [7, 11) is 1.63. The number of nitrogens with zero attached hydrogens (tertiary/aromatic N) is 2. The molecule has 2 atom stereocenters. The Morgan fingerprint density at radius 3 is 2.50 bits per heavy atom. The first-order valence-corrected chi connectivity index (χ1v) is 11.3. The van der Waals surface area contributed by atoms with E-state index in [9.17, 15) is 4.79 Å². The molecule has 2 heterocycles. The molecule has 32 heavy (non-hydrogen) atoms. The van der Waals surface area contributed by atoms with Crippen molar-refractivity contribution in [3.8, 4) is 17.0 Å². The SMILES string of the molecule is CC[C@@H](Nc1nc(Nc2ccnc(-c3ccc(OC)cc3)c2)c(C(N)=O)cc1I)[C@H](C)N. The van der Waals surface area contributed by atoms with E-state index in [0.29, 0.717) is 17.2 Å². The minimum atomic E-state index is -0.562. The van der Waals surface area contributed by atoms with E-state index in [1.807, 2.05) is 37.3 Å². The van der Waals surface area contributed by atoms with Gasteiger partial charge in [-0.1, -0.05) is 6.92 Å². The van der Waals surface area contributed by atoms with Crippen LogP contribution in [0.1, 0.15) is 30.6 Å². The molecule has 1 amide bonds. The van der Waals surface area contributed by atoms with Gasteiger partial charge in [-0.2, -0.15) is 0 Å². The van der Waals surface area contributed by atoms with E-state index in [-0.39, 0.29) is 12.1 Å². The number of hydrogen-bond donors (Lipinski definition) is 4. The number of hydrogen-bond acceptors (Lipinski definition) is 7. The van der Waals surface area contributed by atoms with Crippen LogP contribution >= 0.6 is 22.6 Å². The first kappa shape index (κ1) is 23.7. The lowest BCUT2D eigenvalue weighted by Crippen LogP contribution is -2.37. The molecule has 0 aliphatic heterocycles. The number of primary amides is 1. The van der Waals surface area contributed by atoms with E-state index >= 15 is 0 Å². The third-order valence-corrected chi connectivity index (χ3v) is 5.87. The Hall–Kier alpha value is -2.92. The number of anilines is 3. The van der Waals surface area contributed by atoms with Gasteiger partial charge in [0.1, 0.15) is 17.4 Å². The van der Waals surface area contributed by atoms with Gasteiger partial charge in [-0.05, 0) is 78.4 Å². The fourth-order valence-electron chi connectivity index (χ4n) is 3.22. The van der Waals surface area contributed by atoms with Gasteiger partial charge in [0.25, 0.3) is 5.91 Å². The molecule has 2 aromatic heterocycles. The molecule has 0 fully saturated rings. The summed E-state index contributed by atoms with van der Waals surface area (Å²) in [5.74, 6) is 1.22. The average Bonchev–Trinajstić information content (AvgIpc) is 2.79. The molecule has 0 bridgehead atoms. The van der Waals surface area contributed by atoms with Gasteiger partial charge in [0.2, 0.25) is 0 Å². The molecule has 0 aliphatic carbocycles. The zero-order valence-electron chi connectivity index (χ0n) is 18.2. The smallest absolute Gasteiger partial charge is 0.252 e. The lowest BCUT2D eigenvalue weighted by molar-refractivity contribution is 0.100. The summed E-state index contributed by atoms with van der Waals surface area (Å²) in [5.41, 5.74) is 14.4. The van der Waals surface area contributed by atoms with Crippen LogP contribution in [0.25, 0.3) is 11.3 Å². The molecule has 0 saturated carbocycles. The Kier molecular flexibility index (Phi) is 7.86. The third-order valence-electron chi connectivity index (χ3n) is 5.05. The molecule has 8 nitrogen and oxygen atoms in total. The van der Waals surface area contributed by atoms with Crippen LogP contribution in [0.2, 0.25) is 0 Å². The Bertz CT molecular complexity index is 1090. The highest BCUT2D eigenvalue weighted by molar-refractivity contribution is 14.1. The molecule has 1 aromatic carbocycles. The Morgan fingerprint density at radius 2 is 1.91 bits per heavy atom.